The van der Waals surface area contributed by atoms with Gasteiger partial charge >= 0.3 is 0 Å². The summed E-state index contributed by atoms with van der Waals surface area (Å²) >= 11 is 0. The van der Waals surface area contributed by atoms with Gasteiger partial charge in [-0.15, -0.1) is 6.58 Å². The van der Waals surface area contributed by atoms with E-state index < -0.39 is 0 Å². The minimum absolute atomic E-state index is 0.309. The highest BCUT2D eigenvalue weighted by atomic mass is 19.1. The molecule has 0 spiro atoms. The monoisotopic (exact) mass is 143 g/mol. The fourth-order valence-corrected chi connectivity index (χ4v) is 0.575. The second kappa shape index (κ2) is 5.18. The highest BCUT2D eigenvalue weighted by Crippen LogP contribution is 2.08. The van der Waals surface area contributed by atoms with E-state index >= 15 is 0 Å². The highest BCUT2D eigenvalue weighted by molar-refractivity contribution is 5.03. The standard InChI is InChI=1S/C8H14FN/c1-7(2)3-4-8(5-9)6-10/h5H,1,3-4,6,10H2,2H3/b8-5-. The van der Waals surface area contributed by atoms with E-state index in [-0.39, 0.29) is 0 Å². The Morgan fingerprint density at radius 1 is 1.60 bits per heavy atom. The van der Waals surface area contributed by atoms with Crippen LogP contribution in [-0.4, -0.2) is 6.54 Å². The smallest absolute Gasteiger partial charge is 0.0871 e. The molecule has 0 unspecified atom stereocenters. The van der Waals surface area contributed by atoms with Crippen molar-refractivity contribution in [2.24, 2.45) is 5.73 Å². The van der Waals surface area contributed by atoms with Gasteiger partial charge in [0.05, 0.1) is 6.33 Å². The molecule has 0 aromatic carbocycles. The van der Waals surface area contributed by atoms with Crippen LogP contribution in [0.5, 0.6) is 0 Å². The Balaban J connectivity index is 3.56. The molecule has 10 heavy (non-hydrogen) atoms. The Morgan fingerprint density at radius 2 is 2.20 bits per heavy atom. The van der Waals surface area contributed by atoms with E-state index in [1.807, 2.05) is 6.92 Å². The van der Waals surface area contributed by atoms with E-state index in [0.29, 0.717) is 24.9 Å². The number of rotatable bonds is 4. The molecule has 0 bridgehead atoms. The van der Waals surface area contributed by atoms with Gasteiger partial charge in [0.25, 0.3) is 0 Å². The van der Waals surface area contributed by atoms with Crippen molar-refractivity contribution in [1.82, 2.24) is 0 Å². The van der Waals surface area contributed by atoms with Crippen molar-refractivity contribution < 1.29 is 4.39 Å². The van der Waals surface area contributed by atoms with Gasteiger partial charge in [0.2, 0.25) is 0 Å². The van der Waals surface area contributed by atoms with E-state index in [0.717, 1.165) is 12.0 Å². The molecule has 0 rings (SSSR count). The van der Waals surface area contributed by atoms with Crippen molar-refractivity contribution in [3.05, 3.63) is 24.1 Å². The molecular weight excluding hydrogens is 129 g/mol. The maximum absolute atomic E-state index is 11.8. The van der Waals surface area contributed by atoms with Crippen LogP contribution in [0.1, 0.15) is 19.8 Å². The highest BCUT2D eigenvalue weighted by Gasteiger charge is 1.93. The third-order valence-electron chi connectivity index (χ3n) is 1.29. The van der Waals surface area contributed by atoms with Gasteiger partial charge in [-0.3, -0.25) is 0 Å². The van der Waals surface area contributed by atoms with E-state index in [1.165, 1.54) is 0 Å². The quantitative estimate of drug-likeness (QED) is 0.599. The van der Waals surface area contributed by atoms with Crippen LogP contribution in [0.15, 0.2) is 24.1 Å². The number of hydrogen-bond acceptors (Lipinski definition) is 1. The number of halogens is 1. The zero-order valence-corrected chi connectivity index (χ0v) is 6.36. The normalized spacial score (nSPS) is 11.7. The lowest BCUT2D eigenvalue weighted by Gasteiger charge is -2.00. The van der Waals surface area contributed by atoms with Crippen LogP contribution >= 0.6 is 0 Å². The fraction of sp³-hybridized carbons (Fsp3) is 0.500. The van der Waals surface area contributed by atoms with Crippen molar-refractivity contribution in [2.45, 2.75) is 19.8 Å². The summed E-state index contributed by atoms with van der Waals surface area (Å²) in [6, 6.07) is 0. The predicted molar refractivity (Wildman–Crippen MR) is 42.3 cm³/mol. The van der Waals surface area contributed by atoms with Crippen molar-refractivity contribution in [3.8, 4) is 0 Å². The summed E-state index contributed by atoms with van der Waals surface area (Å²) in [6.07, 6.45) is 2.11. The van der Waals surface area contributed by atoms with E-state index in [1.54, 1.807) is 0 Å². The largest absolute Gasteiger partial charge is 0.327 e. The molecule has 0 aliphatic carbocycles. The zero-order chi connectivity index (χ0) is 7.98. The predicted octanol–water partition coefficient (Wildman–Crippen LogP) is 2.15. The Labute approximate surface area is 61.4 Å². The second-order valence-corrected chi connectivity index (χ2v) is 2.43. The number of allylic oxidation sites excluding steroid dienone is 1. The summed E-state index contributed by atoms with van der Waals surface area (Å²) in [4.78, 5) is 0. The van der Waals surface area contributed by atoms with E-state index in [4.69, 9.17) is 5.73 Å². The summed E-state index contributed by atoms with van der Waals surface area (Å²) in [7, 11) is 0. The molecule has 2 heteroatoms. The maximum atomic E-state index is 11.8. The molecule has 0 fully saturated rings. The third kappa shape index (κ3) is 4.27. The first-order valence-electron chi connectivity index (χ1n) is 3.33. The Hall–Kier alpha value is -0.630. The maximum Gasteiger partial charge on any atom is 0.0871 e. The Morgan fingerprint density at radius 3 is 2.50 bits per heavy atom. The van der Waals surface area contributed by atoms with Crippen LogP contribution in [0.2, 0.25) is 0 Å². The van der Waals surface area contributed by atoms with Crippen molar-refractivity contribution in [2.75, 3.05) is 6.54 Å². The lowest BCUT2D eigenvalue weighted by Crippen LogP contribution is -2.02. The molecule has 0 aromatic rings. The Kier molecular flexibility index (Phi) is 4.85. The van der Waals surface area contributed by atoms with Gasteiger partial charge in [0.15, 0.2) is 0 Å². The molecular formula is C8H14FN. The molecule has 0 aliphatic heterocycles. The average Bonchev–Trinajstić information content (AvgIpc) is 1.90. The van der Waals surface area contributed by atoms with Gasteiger partial charge < -0.3 is 5.73 Å². The molecule has 0 atom stereocenters. The van der Waals surface area contributed by atoms with Gasteiger partial charge in [-0.25, -0.2) is 4.39 Å². The van der Waals surface area contributed by atoms with Gasteiger partial charge in [-0.1, -0.05) is 5.57 Å². The van der Waals surface area contributed by atoms with Crippen molar-refractivity contribution >= 4 is 0 Å². The SMILES string of the molecule is C=C(C)CC/C(=C/F)CN. The summed E-state index contributed by atoms with van der Waals surface area (Å²) < 4.78 is 11.8. The first-order valence-corrected chi connectivity index (χ1v) is 3.33. The molecule has 0 aliphatic rings. The first-order chi connectivity index (χ1) is 4.70. The minimum Gasteiger partial charge on any atom is -0.327 e. The summed E-state index contributed by atoms with van der Waals surface area (Å²) in [5.74, 6) is 0. The number of hydrogen-bond donors (Lipinski definition) is 1. The minimum atomic E-state index is 0.309. The van der Waals surface area contributed by atoms with Crippen LogP contribution in [0.4, 0.5) is 4.39 Å². The van der Waals surface area contributed by atoms with Gasteiger partial charge in [0, 0.05) is 6.54 Å². The van der Waals surface area contributed by atoms with Crippen LogP contribution in [0.25, 0.3) is 0 Å². The summed E-state index contributed by atoms with van der Waals surface area (Å²) in [5.41, 5.74) is 6.95. The van der Waals surface area contributed by atoms with Crippen molar-refractivity contribution in [3.63, 3.8) is 0 Å². The topological polar surface area (TPSA) is 26.0 Å². The molecule has 0 radical (unpaired) electrons. The van der Waals surface area contributed by atoms with Crippen LogP contribution in [0, 0.1) is 0 Å². The van der Waals surface area contributed by atoms with Gasteiger partial charge in [-0.2, -0.15) is 0 Å². The molecule has 0 aromatic heterocycles. The summed E-state index contributed by atoms with van der Waals surface area (Å²) in [5, 5.41) is 0. The van der Waals surface area contributed by atoms with Crippen molar-refractivity contribution in [1.29, 1.82) is 0 Å². The second-order valence-electron chi connectivity index (χ2n) is 2.43. The molecule has 0 amide bonds. The lowest BCUT2D eigenvalue weighted by molar-refractivity contribution is 0.691. The zero-order valence-electron chi connectivity index (χ0n) is 6.36. The van der Waals surface area contributed by atoms with Gasteiger partial charge in [-0.05, 0) is 25.3 Å². The fourth-order valence-electron chi connectivity index (χ4n) is 0.575. The first kappa shape index (κ1) is 9.37. The Bertz CT molecular complexity index is 138. The lowest BCUT2D eigenvalue weighted by atomic mass is 10.1. The van der Waals surface area contributed by atoms with Gasteiger partial charge in [0.1, 0.15) is 0 Å². The van der Waals surface area contributed by atoms with Crippen LogP contribution < -0.4 is 5.73 Å². The van der Waals surface area contributed by atoms with Crippen LogP contribution in [-0.2, 0) is 0 Å². The third-order valence-corrected chi connectivity index (χ3v) is 1.29. The molecule has 58 valence electrons. The average molecular weight is 143 g/mol. The molecule has 1 nitrogen and oxygen atoms in total. The molecule has 0 heterocycles. The van der Waals surface area contributed by atoms with E-state index in [9.17, 15) is 4.39 Å². The van der Waals surface area contributed by atoms with Crippen LogP contribution in [0.3, 0.4) is 0 Å². The summed E-state index contributed by atoms with van der Waals surface area (Å²) in [6.45, 7) is 5.94. The molecule has 0 saturated heterocycles. The van der Waals surface area contributed by atoms with E-state index in [2.05, 4.69) is 6.58 Å². The molecule has 0 saturated carbocycles. The number of nitrogens with two attached hydrogens (primary N) is 1. The molecule has 2 N–H and O–H groups in total.